The predicted octanol–water partition coefficient (Wildman–Crippen LogP) is 5.64. The van der Waals surface area contributed by atoms with Crippen molar-refractivity contribution >= 4 is 28.8 Å². The zero-order valence-corrected chi connectivity index (χ0v) is 19.7. The predicted molar refractivity (Wildman–Crippen MR) is 128 cm³/mol. The maximum Gasteiger partial charge on any atom is 0.251 e. The number of benzene rings is 1. The molecule has 1 atom stereocenters. The lowest BCUT2D eigenvalue weighted by Gasteiger charge is -2.32. The van der Waals surface area contributed by atoms with Crippen molar-refractivity contribution in [3.63, 3.8) is 0 Å². The summed E-state index contributed by atoms with van der Waals surface area (Å²) >= 11 is 1.55. The number of rotatable bonds is 7. The van der Waals surface area contributed by atoms with Gasteiger partial charge in [-0.2, -0.15) is 0 Å². The van der Waals surface area contributed by atoms with Crippen molar-refractivity contribution in [3.05, 3.63) is 75.4 Å². The Balaban J connectivity index is 1.77. The van der Waals surface area contributed by atoms with E-state index in [1.165, 1.54) is 0 Å². The lowest BCUT2D eigenvalue weighted by molar-refractivity contribution is -0.127. The fraction of sp³-hybridized carbons (Fsp3) is 0.385. The van der Waals surface area contributed by atoms with Crippen molar-refractivity contribution in [2.45, 2.75) is 65.0 Å². The average molecular weight is 451 g/mol. The summed E-state index contributed by atoms with van der Waals surface area (Å²) in [6.07, 6.45) is 4.42. The van der Waals surface area contributed by atoms with Crippen LogP contribution in [0.3, 0.4) is 0 Å². The zero-order chi connectivity index (χ0) is 22.7. The number of amides is 2. The fourth-order valence-electron chi connectivity index (χ4n) is 4.46. The summed E-state index contributed by atoms with van der Waals surface area (Å²) in [7, 11) is 0. The first-order valence-corrected chi connectivity index (χ1v) is 12.1. The van der Waals surface area contributed by atoms with Crippen LogP contribution >= 0.6 is 11.3 Å². The molecule has 1 aliphatic rings. The summed E-state index contributed by atoms with van der Waals surface area (Å²) < 4.78 is 5.93. The molecule has 5 nitrogen and oxygen atoms in total. The minimum absolute atomic E-state index is 0.125. The van der Waals surface area contributed by atoms with Gasteiger partial charge in [0, 0.05) is 16.6 Å². The van der Waals surface area contributed by atoms with Crippen molar-refractivity contribution in [1.82, 2.24) is 5.32 Å². The highest BCUT2D eigenvalue weighted by Gasteiger charge is 2.37. The molecule has 0 spiro atoms. The highest BCUT2D eigenvalue weighted by Crippen LogP contribution is 2.33. The second-order valence-corrected chi connectivity index (χ2v) is 9.68. The summed E-state index contributed by atoms with van der Waals surface area (Å²) in [5.41, 5.74) is 2.79. The number of hydrogen-bond donors (Lipinski definition) is 1. The topological polar surface area (TPSA) is 62.6 Å². The number of carbonyl (C=O) groups is 2. The van der Waals surface area contributed by atoms with E-state index in [0.717, 1.165) is 47.4 Å². The fourth-order valence-corrected chi connectivity index (χ4v) is 5.16. The number of carbonyl (C=O) groups excluding carboxylic acids is 2. The third-order valence-electron chi connectivity index (χ3n) is 6.02. The normalized spacial score (nSPS) is 15.0. The molecule has 32 heavy (non-hydrogen) atoms. The van der Waals surface area contributed by atoms with Gasteiger partial charge in [-0.15, -0.1) is 11.3 Å². The summed E-state index contributed by atoms with van der Waals surface area (Å²) in [6, 6.07) is 12.8. The molecule has 2 amide bonds. The minimum Gasteiger partial charge on any atom is -0.464 e. The van der Waals surface area contributed by atoms with Crippen LogP contribution in [0, 0.1) is 20.8 Å². The van der Waals surface area contributed by atoms with Gasteiger partial charge in [0.05, 0.1) is 6.42 Å². The van der Waals surface area contributed by atoms with Crippen LogP contribution < -0.4 is 10.2 Å². The van der Waals surface area contributed by atoms with Gasteiger partial charge in [0.1, 0.15) is 11.5 Å². The van der Waals surface area contributed by atoms with Gasteiger partial charge in [-0.3, -0.25) is 14.5 Å². The van der Waals surface area contributed by atoms with Gasteiger partial charge in [0.25, 0.3) is 5.91 Å². The third-order valence-corrected chi connectivity index (χ3v) is 6.90. The Kier molecular flexibility index (Phi) is 6.80. The number of thiophene rings is 1. The maximum absolute atomic E-state index is 13.7. The van der Waals surface area contributed by atoms with E-state index in [4.69, 9.17) is 4.42 Å². The first-order chi connectivity index (χ1) is 15.4. The quantitative estimate of drug-likeness (QED) is 0.506. The van der Waals surface area contributed by atoms with Crippen molar-refractivity contribution < 1.29 is 14.0 Å². The average Bonchev–Trinajstić information content (AvgIpc) is 3.50. The van der Waals surface area contributed by atoms with Crippen molar-refractivity contribution in [2.24, 2.45) is 0 Å². The number of nitrogens with zero attached hydrogens (tertiary/aromatic N) is 1. The number of aryl methyl sites for hydroxylation is 3. The van der Waals surface area contributed by atoms with Gasteiger partial charge < -0.3 is 9.73 Å². The van der Waals surface area contributed by atoms with Crippen LogP contribution in [0.4, 0.5) is 5.69 Å². The Hall–Kier alpha value is -2.86. The monoisotopic (exact) mass is 450 g/mol. The number of hydrogen-bond acceptors (Lipinski definition) is 4. The highest BCUT2D eigenvalue weighted by atomic mass is 32.1. The molecular formula is C26H30N2O3S. The first kappa shape index (κ1) is 22.3. The Bertz CT molecular complexity index is 1080. The Labute approximate surface area is 193 Å². The van der Waals surface area contributed by atoms with E-state index in [1.54, 1.807) is 16.2 Å². The lowest BCUT2D eigenvalue weighted by atomic mass is 10.0. The van der Waals surface area contributed by atoms with E-state index in [1.807, 2.05) is 68.6 Å². The van der Waals surface area contributed by atoms with E-state index in [2.05, 4.69) is 5.32 Å². The van der Waals surface area contributed by atoms with E-state index >= 15 is 0 Å². The van der Waals surface area contributed by atoms with Crippen LogP contribution in [-0.4, -0.2) is 17.9 Å². The van der Waals surface area contributed by atoms with E-state index in [0.29, 0.717) is 11.5 Å². The number of anilines is 1. The SMILES string of the molecule is Cc1ccc(N(C(=O)Cc2cccs2)C(C(=O)NC2CCCC2)c2ccc(C)o2)c(C)c1. The van der Waals surface area contributed by atoms with Crippen LogP contribution in [0.25, 0.3) is 0 Å². The van der Waals surface area contributed by atoms with Crippen molar-refractivity contribution in [1.29, 1.82) is 0 Å². The van der Waals surface area contributed by atoms with Gasteiger partial charge >= 0.3 is 0 Å². The van der Waals surface area contributed by atoms with E-state index in [9.17, 15) is 9.59 Å². The molecule has 168 valence electrons. The lowest BCUT2D eigenvalue weighted by Crippen LogP contribution is -2.47. The van der Waals surface area contributed by atoms with Gasteiger partial charge in [-0.25, -0.2) is 0 Å². The molecule has 3 aromatic rings. The molecule has 0 aliphatic heterocycles. The van der Waals surface area contributed by atoms with Crippen LogP contribution in [0.1, 0.15) is 59.2 Å². The molecule has 0 saturated heterocycles. The molecule has 6 heteroatoms. The van der Waals surface area contributed by atoms with Crippen LogP contribution in [-0.2, 0) is 16.0 Å². The number of nitrogens with one attached hydrogen (secondary N) is 1. The van der Waals surface area contributed by atoms with Crippen LogP contribution in [0.2, 0.25) is 0 Å². The molecule has 1 aromatic carbocycles. The standard InChI is InChI=1S/C26H30N2O3S/c1-17-10-12-22(18(2)15-17)28(24(29)16-21-9-6-14-32-21)25(23-13-11-19(3)31-23)26(30)27-20-7-4-5-8-20/h6,9-15,20,25H,4-5,7-8,16H2,1-3H3,(H,27,30). The van der Waals surface area contributed by atoms with Gasteiger partial charge in [-0.1, -0.05) is 36.6 Å². The van der Waals surface area contributed by atoms with E-state index in [-0.39, 0.29) is 24.3 Å². The Morgan fingerprint density at radius 2 is 1.91 bits per heavy atom. The smallest absolute Gasteiger partial charge is 0.251 e. The zero-order valence-electron chi connectivity index (χ0n) is 18.9. The summed E-state index contributed by atoms with van der Waals surface area (Å²) in [5.74, 6) is 0.883. The molecule has 2 heterocycles. The van der Waals surface area contributed by atoms with E-state index < -0.39 is 6.04 Å². The Morgan fingerprint density at radius 1 is 1.12 bits per heavy atom. The molecule has 2 aromatic heterocycles. The molecule has 1 N–H and O–H groups in total. The molecular weight excluding hydrogens is 420 g/mol. The molecule has 0 bridgehead atoms. The minimum atomic E-state index is -0.863. The van der Waals surface area contributed by atoms with Crippen molar-refractivity contribution in [2.75, 3.05) is 4.90 Å². The van der Waals surface area contributed by atoms with Gasteiger partial charge in [0.15, 0.2) is 6.04 Å². The highest BCUT2D eigenvalue weighted by molar-refractivity contribution is 7.10. The Morgan fingerprint density at radius 3 is 2.53 bits per heavy atom. The van der Waals surface area contributed by atoms with Gasteiger partial charge in [0.2, 0.25) is 5.91 Å². The molecule has 4 rings (SSSR count). The molecule has 1 aliphatic carbocycles. The van der Waals surface area contributed by atoms with Crippen LogP contribution in [0.5, 0.6) is 0 Å². The largest absolute Gasteiger partial charge is 0.464 e. The molecule has 0 radical (unpaired) electrons. The molecule has 1 fully saturated rings. The summed E-state index contributed by atoms with van der Waals surface area (Å²) in [4.78, 5) is 30.0. The maximum atomic E-state index is 13.7. The molecule has 1 unspecified atom stereocenters. The third kappa shape index (κ3) is 4.96. The van der Waals surface area contributed by atoms with Gasteiger partial charge in [-0.05, 0) is 68.8 Å². The second kappa shape index (κ2) is 9.74. The summed E-state index contributed by atoms with van der Waals surface area (Å²) in [6.45, 7) is 5.85. The summed E-state index contributed by atoms with van der Waals surface area (Å²) in [5, 5.41) is 5.15. The van der Waals surface area contributed by atoms with Crippen LogP contribution in [0.15, 0.2) is 52.3 Å². The molecule has 1 saturated carbocycles. The second-order valence-electron chi connectivity index (χ2n) is 8.65. The number of furan rings is 1. The van der Waals surface area contributed by atoms with Crippen molar-refractivity contribution in [3.8, 4) is 0 Å². The first-order valence-electron chi connectivity index (χ1n) is 11.2.